The zero-order chi connectivity index (χ0) is 20.5. The van der Waals surface area contributed by atoms with Crippen LogP contribution in [-0.2, 0) is 16.0 Å². The first-order valence-corrected chi connectivity index (χ1v) is 10.7. The highest BCUT2D eigenvalue weighted by molar-refractivity contribution is 7.20. The van der Waals surface area contributed by atoms with E-state index in [0.29, 0.717) is 30.0 Å². The summed E-state index contributed by atoms with van der Waals surface area (Å²) < 4.78 is 5.30. The normalized spacial score (nSPS) is 13.6. The third-order valence-corrected chi connectivity index (χ3v) is 6.04. The largest absolute Gasteiger partial charge is 0.462 e. The molecule has 0 bridgehead atoms. The fourth-order valence-corrected chi connectivity index (χ4v) is 5.34. The Labute approximate surface area is 171 Å². The van der Waals surface area contributed by atoms with Crippen molar-refractivity contribution in [3.8, 4) is 10.4 Å². The summed E-state index contributed by atoms with van der Waals surface area (Å²) >= 11 is 1.48. The number of carbonyl (C=O) groups excluding carboxylic acids is 2. The van der Waals surface area contributed by atoms with Crippen LogP contribution >= 0.6 is 11.3 Å². The maximum absolute atomic E-state index is 12.7. The van der Waals surface area contributed by atoms with Crippen LogP contribution in [0.4, 0.5) is 5.00 Å². The summed E-state index contributed by atoms with van der Waals surface area (Å²) in [5, 5.41) is 3.62. The number of hydrogen-bond acceptors (Lipinski definition) is 4. The number of rotatable bonds is 6. The fourth-order valence-electron chi connectivity index (χ4n) is 4.06. The number of benzene rings is 1. The molecule has 0 aliphatic heterocycles. The van der Waals surface area contributed by atoms with E-state index in [1.807, 2.05) is 12.1 Å². The molecule has 1 aliphatic carbocycles. The van der Waals surface area contributed by atoms with Gasteiger partial charge in [0.15, 0.2) is 0 Å². The number of thiophene rings is 1. The Balaban J connectivity index is 1.85. The molecule has 1 heterocycles. The van der Waals surface area contributed by atoms with Crippen LogP contribution in [0.3, 0.4) is 0 Å². The van der Waals surface area contributed by atoms with E-state index in [9.17, 15) is 9.59 Å². The average Bonchev–Trinajstić information content (AvgIpc) is 3.08. The third kappa shape index (κ3) is 4.46. The maximum Gasteiger partial charge on any atom is 0.341 e. The molecule has 0 saturated carbocycles. The summed E-state index contributed by atoms with van der Waals surface area (Å²) in [4.78, 5) is 26.4. The number of hydrogen-bond donors (Lipinski definition) is 1. The van der Waals surface area contributed by atoms with Gasteiger partial charge in [0.25, 0.3) is 0 Å². The Morgan fingerprint density at radius 2 is 1.96 bits per heavy atom. The van der Waals surface area contributed by atoms with E-state index >= 15 is 0 Å². The van der Waals surface area contributed by atoms with Gasteiger partial charge in [-0.2, -0.15) is 0 Å². The Hall–Kier alpha value is -2.14. The molecule has 1 atom stereocenters. The molecule has 1 unspecified atom stereocenters. The first-order valence-electron chi connectivity index (χ1n) is 9.90. The molecule has 0 fully saturated rings. The maximum atomic E-state index is 12.7. The van der Waals surface area contributed by atoms with E-state index in [-0.39, 0.29) is 23.2 Å². The van der Waals surface area contributed by atoms with Gasteiger partial charge in [-0.3, -0.25) is 4.79 Å². The van der Waals surface area contributed by atoms with Crippen LogP contribution in [0.2, 0.25) is 0 Å². The number of anilines is 1. The molecule has 0 saturated heterocycles. The molecule has 28 heavy (non-hydrogen) atoms. The van der Waals surface area contributed by atoms with Crippen LogP contribution in [0, 0.1) is 11.3 Å². The van der Waals surface area contributed by atoms with E-state index in [1.165, 1.54) is 16.9 Å². The van der Waals surface area contributed by atoms with Crippen molar-refractivity contribution < 1.29 is 14.3 Å². The second kappa shape index (κ2) is 8.08. The molecule has 1 aromatic heterocycles. The van der Waals surface area contributed by atoms with Gasteiger partial charge in [0.05, 0.1) is 12.2 Å². The lowest BCUT2D eigenvalue weighted by Gasteiger charge is -2.22. The summed E-state index contributed by atoms with van der Waals surface area (Å²) in [6.45, 7) is 10.8. The molecular formula is C23H29NO3S. The zero-order valence-electron chi connectivity index (χ0n) is 17.3. The van der Waals surface area contributed by atoms with Gasteiger partial charge < -0.3 is 10.1 Å². The summed E-state index contributed by atoms with van der Waals surface area (Å²) in [6, 6.07) is 8.18. The molecule has 150 valence electrons. The SMILES string of the molecule is CCOC(=O)c1c(NC(=O)CC(C)CC(C)(C)C)sc2c1Cc1ccccc1-2. The van der Waals surface area contributed by atoms with E-state index in [1.54, 1.807) is 6.92 Å². The smallest absolute Gasteiger partial charge is 0.341 e. The van der Waals surface area contributed by atoms with Crippen LogP contribution in [0.15, 0.2) is 24.3 Å². The predicted octanol–water partition coefficient (Wildman–Crippen LogP) is 5.90. The van der Waals surface area contributed by atoms with Gasteiger partial charge in [-0.25, -0.2) is 4.79 Å². The number of carbonyl (C=O) groups is 2. The van der Waals surface area contributed by atoms with Crippen LogP contribution in [-0.4, -0.2) is 18.5 Å². The number of ether oxygens (including phenoxy) is 1. The Morgan fingerprint density at radius 3 is 2.64 bits per heavy atom. The number of nitrogens with one attached hydrogen (secondary N) is 1. The van der Waals surface area contributed by atoms with Crippen molar-refractivity contribution in [2.24, 2.45) is 11.3 Å². The van der Waals surface area contributed by atoms with Gasteiger partial charge in [0.2, 0.25) is 5.91 Å². The van der Waals surface area contributed by atoms with E-state index in [0.717, 1.165) is 22.4 Å². The molecule has 1 aromatic carbocycles. The van der Waals surface area contributed by atoms with Gasteiger partial charge in [0.1, 0.15) is 5.00 Å². The highest BCUT2D eigenvalue weighted by Gasteiger charge is 2.31. The van der Waals surface area contributed by atoms with Crippen molar-refractivity contribution in [3.63, 3.8) is 0 Å². The summed E-state index contributed by atoms with van der Waals surface area (Å²) in [5.74, 6) is -0.125. The van der Waals surface area contributed by atoms with Gasteiger partial charge in [-0.1, -0.05) is 52.0 Å². The molecule has 1 aliphatic rings. The lowest BCUT2D eigenvalue weighted by atomic mass is 9.84. The van der Waals surface area contributed by atoms with Crippen LogP contribution in [0.5, 0.6) is 0 Å². The Morgan fingerprint density at radius 1 is 1.25 bits per heavy atom. The molecule has 2 aromatic rings. The minimum atomic E-state index is -0.356. The third-order valence-electron chi connectivity index (χ3n) is 4.86. The number of amides is 1. The first-order chi connectivity index (χ1) is 13.2. The van der Waals surface area contributed by atoms with Crippen molar-refractivity contribution in [1.29, 1.82) is 0 Å². The van der Waals surface area contributed by atoms with Crippen molar-refractivity contribution >= 4 is 28.2 Å². The van der Waals surface area contributed by atoms with Gasteiger partial charge >= 0.3 is 5.97 Å². The molecule has 3 rings (SSSR count). The monoisotopic (exact) mass is 399 g/mol. The molecule has 4 nitrogen and oxygen atoms in total. The Bertz CT molecular complexity index is 892. The standard InChI is InChI=1S/C23H29NO3S/c1-6-27-22(26)19-17-12-15-9-7-8-10-16(15)20(17)28-21(19)24-18(25)11-14(2)13-23(3,4)5/h7-10,14H,6,11-13H2,1-5H3,(H,24,25). The van der Waals surface area contributed by atoms with Gasteiger partial charge in [-0.05, 0) is 41.4 Å². The van der Waals surface area contributed by atoms with E-state index in [2.05, 4.69) is 45.1 Å². The summed E-state index contributed by atoms with van der Waals surface area (Å²) in [7, 11) is 0. The van der Waals surface area contributed by atoms with Crippen molar-refractivity contribution in [2.75, 3.05) is 11.9 Å². The number of fused-ring (bicyclic) bond motifs is 3. The van der Waals surface area contributed by atoms with Crippen molar-refractivity contribution in [3.05, 3.63) is 41.0 Å². The minimum Gasteiger partial charge on any atom is -0.462 e. The lowest BCUT2D eigenvalue weighted by Crippen LogP contribution is -2.20. The van der Waals surface area contributed by atoms with Gasteiger partial charge in [-0.15, -0.1) is 11.3 Å². The first kappa shape index (κ1) is 20.6. The second-order valence-electron chi connectivity index (χ2n) is 8.79. The number of esters is 1. The fraction of sp³-hybridized carbons (Fsp3) is 0.478. The van der Waals surface area contributed by atoms with Crippen molar-refractivity contribution in [1.82, 2.24) is 0 Å². The molecule has 1 N–H and O–H groups in total. The molecular weight excluding hydrogens is 370 g/mol. The van der Waals surface area contributed by atoms with Crippen LogP contribution in [0.25, 0.3) is 10.4 Å². The molecule has 1 amide bonds. The van der Waals surface area contributed by atoms with E-state index in [4.69, 9.17) is 4.74 Å². The van der Waals surface area contributed by atoms with Crippen LogP contribution in [0.1, 0.15) is 68.9 Å². The summed E-state index contributed by atoms with van der Waals surface area (Å²) in [6.07, 6.45) is 2.12. The van der Waals surface area contributed by atoms with Crippen molar-refractivity contribution in [2.45, 2.75) is 53.9 Å². The average molecular weight is 400 g/mol. The zero-order valence-corrected chi connectivity index (χ0v) is 18.2. The van der Waals surface area contributed by atoms with Crippen LogP contribution < -0.4 is 5.32 Å². The lowest BCUT2D eigenvalue weighted by molar-refractivity contribution is -0.117. The van der Waals surface area contributed by atoms with Gasteiger partial charge in [0, 0.05) is 17.7 Å². The topological polar surface area (TPSA) is 55.4 Å². The highest BCUT2D eigenvalue weighted by Crippen LogP contribution is 2.47. The summed E-state index contributed by atoms with van der Waals surface area (Å²) in [5.41, 5.74) is 4.04. The minimum absolute atomic E-state index is 0.0458. The highest BCUT2D eigenvalue weighted by atomic mass is 32.1. The van der Waals surface area contributed by atoms with E-state index < -0.39 is 0 Å². The molecule has 0 spiro atoms. The predicted molar refractivity (Wildman–Crippen MR) is 115 cm³/mol. The molecule has 0 radical (unpaired) electrons. The second-order valence-corrected chi connectivity index (χ2v) is 9.81. The molecule has 5 heteroatoms. The quantitative estimate of drug-likeness (QED) is 0.525. The Kier molecular flexibility index (Phi) is 5.94.